The van der Waals surface area contributed by atoms with Crippen molar-refractivity contribution in [2.45, 2.75) is 72.3 Å². The number of unbranched alkanes of at least 4 members (excludes halogenated alkanes) is 2. The molecule has 1 aromatic rings. The van der Waals surface area contributed by atoms with E-state index in [1.54, 1.807) is 0 Å². The van der Waals surface area contributed by atoms with E-state index in [2.05, 4.69) is 38.1 Å². The standard InChI is InChI=1S/C16H31N3/c1-6-8-9-10-15(17-11-7-2)12-16-13(3)18-19(5)14(16)4/h15,17H,6-12H2,1-5H3. The van der Waals surface area contributed by atoms with Crippen LogP contribution >= 0.6 is 0 Å². The molecular formula is C16H31N3. The molecule has 3 nitrogen and oxygen atoms in total. The van der Waals surface area contributed by atoms with Gasteiger partial charge < -0.3 is 5.32 Å². The van der Waals surface area contributed by atoms with Crippen LogP contribution < -0.4 is 5.32 Å². The Morgan fingerprint density at radius 3 is 2.42 bits per heavy atom. The first-order chi connectivity index (χ1) is 9.10. The maximum atomic E-state index is 4.53. The molecule has 3 heteroatoms. The topological polar surface area (TPSA) is 29.9 Å². The molecule has 0 radical (unpaired) electrons. The zero-order chi connectivity index (χ0) is 14.3. The average molecular weight is 265 g/mol. The number of nitrogens with zero attached hydrogens (tertiary/aromatic N) is 2. The lowest BCUT2D eigenvalue weighted by Crippen LogP contribution is -2.32. The second kappa shape index (κ2) is 8.36. The normalized spacial score (nSPS) is 12.9. The summed E-state index contributed by atoms with van der Waals surface area (Å²) in [5.41, 5.74) is 3.95. The third-order valence-electron chi connectivity index (χ3n) is 3.95. The SMILES string of the molecule is CCCCCC(Cc1c(C)nn(C)c1C)NCCC. The van der Waals surface area contributed by atoms with Gasteiger partial charge in [0.25, 0.3) is 0 Å². The van der Waals surface area contributed by atoms with Gasteiger partial charge in [0.05, 0.1) is 5.69 Å². The summed E-state index contributed by atoms with van der Waals surface area (Å²) in [6.07, 6.45) is 7.57. The molecule has 1 heterocycles. The number of aromatic nitrogens is 2. The zero-order valence-corrected chi connectivity index (χ0v) is 13.4. The fourth-order valence-electron chi connectivity index (χ4n) is 2.62. The summed E-state index contributed by atoms with van der Waals surface area (Å²) in [4.78, 5) is 0. The molecule has 1 atom stereocenters. The van der Waals surface area contributed by atoms with Crippen LogP contribution in [0.25, 0.3) is 0 Å². The molecule has 0 aliphatic carbocycles. The Morgan fingerprint density at radius 1 is 1.16 bits per heavy atom. The van der Waals surface area contributed by atoms with Crippen LogP contribution in [-0.2, 0) is 13.5 Å². The molecule has 0 aliphatic rings. The van der Waals surface area contributed by atoms with Gasteiger partial charge in [-0.05, 0) is 45.2 Å². The first-order valence-corrected chi connectivity index (χ1v) is 7.82. The quantitative estimate of drug-likeness (QED) is 0.692. The van der Waals surface area contributed by atoms with Crippen LogP contribution in [0, 0.1) is 13.8 Å². The Bertz CT molecular complexity index is 368. The van der Waals surface area contributed by atoms with Gasteiger partial charge in [-0.2, -0.15) is 5.10 Å². The summed E-state index contributed by atoms with van der Waals surface area (Å²) in [6.45, 7) is 9.93. The second-order valence-corrected chi connectivity index (χ2v) is 5.62. The number of aryl methyl sites for hydroxylation is 2. The Balaban J connectivity index is 2.64. The molecular weight excluding hydrogens is 234 g/mol. The van der Waals surface area contributed by atoms with Gasteiger partial charge in [-0.3, -0.25) is 4.68 Å². The number of hydrogen-bond acceptors (Lipinski definition) is 2. The van der Waals surface area contributed by atoms with Crippen molar-refractivity contribution in [1.29, 1.82) is 0 Å². The molecule has 1 rings (SSSR count). The largest absolute Gasteiger partial charge is 0.314 e. The van der Waals surface area contributed by atoms with E-state index in [1.807, 2.05) is 11.7 Å². The minimum Gasteiger partial charge on any atom is -0.314 e. The fraction of sp³-hybridized carbons (Fsp3) is 0.812. The van der Waals surface area contributed by atoms with Gasteiger partial charge in [0, 0.05) is 18.8 Å². The summed E-state index contributed by atoms with van der Waals surface area (Å²) >= 11 is 0. The van der Waals surface area contributed by atoms with Gasteiger partial charge >= 0.3 is 0 Å². The molecule has 0 saturated heterocycles. The highest BCUT2D eigenvalue weighted by molar-refractivity contribution is 5.25. The van der Waals surface area contributed by atoms with E-state index in [0.717, 1.165) is 13.0 Å². The van der Waals surface area contributed by atoms with Gasteiger partial charge in [-0.15, -0.1) is 0 Å². The number of rotatable bonds is 9. The van der Waals surface area contributed by atoms with Crippen molar-refractivity contribution >= 4 is 0 Å². The summed E-state index contributed by atoms with van der Waals surface area (Å²) in [6, 6.07) is 0.605. The van der Waals surface area contributed by atoms with Gasteiger partial charge in [-0.25, -0.2) is 0 Å². The lowest BCUT2D eigenvalue weighted by atomic mass is 9.99. The number of hydrogen-bond donors (Lipinski definition) is 1. The Labute approximate surface area is 118 Å². The van der Waals surface area contributed by atoms with Gasteiger partial charge in [0.1, 0.15) is 0 Å². The average Bonchev–Trinajstić information content (AvgIpc) is 2.62. The van der Waals surface area contributed by atoms with Crippen LogP contribution in [0.2, 0.25) is 0 Å². The van der Waals surface area contributed by atoms with Crippen LogP contribution in [0.5, 0.6) is 0 Å². The molecule has 0 amide bonds. The van der Waals surface area contributed by atoms with Crippen molar-refractivity contribution in [2.24, 2.45) is 7.05 Å². The maximum absolute atomic E-state index is 4.53. The Morgan fingerprint density at radius 2 is 1.89 bits per heavy atom. The van der Waals surface area contributed by atoms with E-state index in [4.69, 9.17) is 0 Å². The highest BCUT2D eigenvalue weighted by atomic mass is 15.3. The van der Waals surface area contributed by atoms with Crippen LogP contribution in [0.15, 0.2) is 0 Å². The Hall–Kier alpha value is -0.830. The predicted octanol–water partition coefficient (Wildman–Crippen LogP) is 3.53. The van der Waals surface area contributed by atoms with E-state index in [0.29, 0.717) is 6.04 Å². The molecule has 0 aliphatic heterocycles. The molecule has 110 valence electrons. The van der Waals surface area contributed by atoms with Crippen LogP contribution in [-0.4, -0.2) is 22.4 Å². The van der Waals surface area contributed by atoms with E-state index < -0.39 is 0 Å². The van der Waals surface area contributed by atoms with Crippen molar-refractivity contribution < 1.29 is 0 Å². The number of nitrogens with one attached hydrogen (secondary N) is 1. The lowest BCUT2D eigenvalue weighted by molar-refractivity contribution is 0.455. The highest BCUT2D eigenvalue weighted by Crippen LogP contribution is 2.17. The zero-order valence-electron chi connectivity index (χ0n) is 13.4. The van der Waals surface area contributed by atoms with Crippen molar-refractivity contribution in [3.63, 3.8) is 0 Å². The molecule has 0 bridgehead atoms. The maximum Gasteiger partial charge on any atom is 0.0628 e. The third kappa shape index (κ3) is 4.98. The van der Waals surface area contributed by atoms with Crippen LogP contribution in [0.4, 0.5) is 0 Å². The van der Waals surface area contributed by atoms with Gasteiger partial charge in [0.2, 0.25) is 0 Å². The summed E-state index contributed by atoms with van der Waals surface area (Å²) in [5.74, 6) is 0. The molecule has 1 N–H and O–H groups in total. The molecule has 0 spiro atoms. The summed E-state index contributed by atoms with van der Waals surface area (Å²) < 4.78 is 2.01. The van der Waals surface area contributed by atoms with Crippen molar-refractivity contribution in [3.8, 4) is 0 Å². The summed E-state index contributed by atoms with van der Waals surface area (Å²) in [5, 5.41) is 8.23. The van der Waals surface area contributed by atoms with Crippen LogP contribution in [0.3, 0.4) is 0 Å². The molecule has 0 aromatic carbocycles. The minimum atomic E-state index is 0.605. The highest BCUT2D eigenvalue weighted by Gasteiger charge is 2.15. The first-order valence-electron chi connectivity index (χ1n) is 7.82. The van der Waals surface area contributed by atoms with Crippen molar-refractivity contribution in [1.82, 2.24) is 15.1 Å². The van der Waals surface area contributed by atoms with Crippen molar-refractivity contribution in [3.05, 3.63) is 17.0 Å². The molecule has 1 unspecified atom stereocenters. The van der Waals surface area contributed by atoms with Gasteiger partial charge in [-0.1, -0.05) is 33.1 Å². The molecule has 0 fully saturated rings. The molecule has 19 heavy (non-hydrogen) atoms. The lowest BCUT2D eigenvalue weighted by Gasteiger charge is -2.18. The third-order valence-corrected chi connectivity index (χ3v) is 3.95. The van der Waals surface area contributed by atoms with E-state index >= 15 is 0 Å². The second-order valence-electron chi connectivity index (χ2n) is 5.62. The summed E-state index contributed by atoms with van der Waals surface area (Å²) in [7, 11) is 2.04. The fourth-order valence-corrected chi connectivity index (χ4v) is 2.62. The first kappa shape index (κ1) is 16.2. The Kier molecular flexibility index (Phi) is 7.14. The van der Waals surface area contributed by atoms with Crippen LogP contribution in [0.1, 0.15) is 62.9 Å². The smallest absolute Gasteiger partial charge is 0.0628 e. The minimum absolute atomic E-state index is 0.605. The van der Waals surface area contributed by atoms with E-state index in [9.17, 15) is 0 Å². The monoisotopic (exact) mass is 265 g/mol. The molecule has 1 aromatic heterocycles. The van der Waals surface area contributed by atoms with Gasteiger partial charge in [0.15, 0.2) is 0 Å². The predicted molar refractivity (Wildman–Crippen MR) is 82.6 cm³/mol. The molecule has 0 saturated carbocycles. The van der Waals surface area contributed by atoms with E-state index in [-0.39, 0.29) is 0 Å². The van der Waals surface area contributed by atoms with Crippen molar-refractivity contribution in [2.75, 3.05) is 6.54 Å². The van der Waals surface area contributed by atoms with E-state index in [1.165, 1.54) is 49.1 Å².